The number of para-hydroxylation sites is 2. The van der Waals surface area contributed by atoms with Gasteiger partial charge >= 0.3 is 6.09 Å². The Labute approximate surface area is 140 Å². The second kappa shape index (κ2) is 6.39. The highest BCUT2D eigenvalue weighted by atomic mass is 16.6. The summed E-state index contributed by atoms with van der Waals surface area (Å²) in [7, 11) is 0. The lowest BCUT2D eigenvalue weighted by molar-refractivity contribution is 0.0501. The predicted molar refractivity (Wildman–Crippen MR) is 88.4 cm³/mol. The summed E-state index contributed by atoms with van der Waals surface area (Å²) in [5, 5.41) is 2.74. The zero-order valence-corrected chi connectivity index (χ0v) is 13.9. The molecule has 24 heavy (non-hydrogen) atoms. The van der Waals surface area contributed by atoms with Crippen LogP contribution in [0.15, 0.2) is 42.6 Å². The number of fused-ring (bicyclic) bond motifs is 2. The third kappa shape index (κ3) is 3.76. The first kappa shape index (κ1) is 16.1. The van der Waals surface area contributed by atoms with Crippen LogP contribution in [0.4, 0.5) is 4.79 Å². The van der Waals surface area contributed by atoms with Crippen molar-refractivity contribution in [1.82, 2.24) is 10.3 Å². The lowest BCUT2D eigenvalue weighted by Gasteiger charge is -2.22. The van der Waals surface area contributed by atoms with Gasteiger partial charge in [0.25, 0.3) is 0 Å². The Morgan fingerprint density at radius 2 is 1.96 bits per heavy atom. The van der Waals surface area contributed by atoms with Crippen molar-refractivity contribution in [2.45, 2.75) is 32.5 Å². The van der Waals surface area contributed by atoms with Crippen molar-refractivity contribution in [1.29, 1.82) is 0 Å². The van der Waals surface area contributed by atoms with Crippen molar-refractivity contribution in [3.63, 3.8) is 0 Å². The topological polar surface area (TPSA) is 69.7 Å². The van der Waals surface area contributed by atoms with Gasteiger partial charge in [0.15, 0.2) is 11.5 Å². The fourth-order valence-electron chi connectivity index (χ4n) is 2.33. The number of nitrogens with zero attached hydrogens (tertiary/aromatic N) is 1. The Morgan fingerprint density at radius 1 is 1.21 bits per heavy atom. The molecule has 0 fully saturated rings. The van der Waals surface area contributed by atoms with Crippen molar-refractivity contribution in [2.24, 2.45) is 0 Å². The second-order valence-corrected chi connectivity index (χ2v) is 6.44. The summed E-state index contributed by atoms with van der Waals surface area (Å²) >= 11 is 0. The maximum absolute atomic E-state index is 11.9. The van der Waals surface area contributed by atoms with Gasteiger partial charge in [-0.3, -0.25) is 0 Å². The number of carbonyl (C=O) groups excluding carboxylic acids is 1. The average molecular weight is 328 g/mol. The van der Waals surface area contributed by atoms with Crippen LogP contribution in [0.25, 0.3) is 0 Å². The van der Waals surface area contributed by atoms with Crippen molar-refractivity contribution >= 4 is 6.09 Å². The van der Waals surface area contributed by atoms with E-state index < -0.39 is 17.8 Å². The third-order valence-corrected chi connectivity index (χ3v) is 3.30. The molecule has 1 atom stereocenters. The van der Waals surface area contributed by atoms with E-state index in [1.54, 1.807) is 6.20 Å². The molecule has 1 aliphatic heterocycles. The number of hydrogen-bond acceptors (Lipinski definition) is 5. The molecule has 2 heterocycles. The number of amides is 1. The van der Waals surface area contributed by atoms with Gasteiger partial charge in [0, 0.05) is 6.20 Å². The van der Waals surface area contributed by atoms with Crippen LogP contribution in [0.5, 0.6) is 17.4 Å². The Bertz CT molecular complexity index is 740. The van der Waals surface area contributed by atoms with Gasteiger partial charge in [0.1, 0.15) is 11.7 Å². The van der Waals surface area contributed by atoms with Crippen LogP contribution in [0.3, 0.4) is 0 Å². The van der Waals surface area contributed by atoms with Crippen LogP contribution in [-0.2, 0) is 4.74 Å². The molecule has 0 saturated heterocycles. The smallest absolute Gasteiger partial charge is 0.407 e. The number of carbonyl (C=O) groups is 1. The molecule has 6 nitrogen and oxygen atoms in total. The van der Waals surface area contributed by atoms with Gasteiger partial charge in [-0.25, -0.2) is 9.78 Å². The molecule has 2 aromatic rings. The zero-order valence-electron chi connectivity index (χ0n) is 13.9. The Balaban J connectivity index is 1.80. The molecule has 1 aliphatic rings. The predicted octanol–water partition coefficient (Wildman–Crippen LogP) is 3.83. The SMILES string of the molecule is CC(C)(C)OC(=O)NC[C@H]1Oc2ccccc2Oc2ncccc21. The van der Waals surface area contributed by atoms with Gasteiger partial charge in [-0.05, 0) is 45.0 Å². The maximum atomic E-state index is 11.9. The van der Waals surface area contributed by atoms with E-state index in [0.717, 1.165) is 5.56 Å². The Kier molecular flexibility index (Phi) is 4.29. The fourth-order valence-corrected chi connectivity index (χ4v) is 2.33. The van der Waals surface area contributed by atoms with E-state index in [1.807, 2.05) is 57.2 Å². The number of benzene rings is 1. The first-order valence-electron chi connectivity index (χ1n) is 7.78. The van der Waals surface area contributed by atoms with Gasteiger partial charge in [-0.15, -0.1) is 0 Å². The number of aromatic nitrogens is 1. The maximum Gasteiger partial charge on any atom is 0.407 e. The Morgan fingerprint density at radius 3 is 2.71 bits per heavy atom. The van der Waals surface area contributed by atoms with Crippen molar-refractivity contribution in [3.8, 4) is 17.4 Å². The lowest BCUT2D eigenvalue weighted by atomic mass is 10.1. The van der Waals surface area contributed by atoms with Gasteiger partial charge in [0.05, 0.1) is 12.1 Å². The lowest BCUT2D eigenvalue weighted by Crippen LogP contribution is -2.35. The standard InChI is InChI=1S/C18H20N2O4/c1-18(2,3)24-17(21)20-11-15-12-7-6-10-19-16(12)23-14-9-5-4-8-13(14)22-15/h4-10,15H,11H2,1-3H3,(H,20,21)/t15-/m1/s1. The average Bonchev–Trinajstić information content (AvgIpc) is 2.67. The fraction of sp³-hybridized carbons (Fsp3) is 0.333. The van der Waals surface area contributed by atoms with Gasteiger partial charge in [-0.1, -0.05) is 12.1 Å². The van der Waals surface area contributed by atoms with Crippen molar-refractivity contribution in [3.05, 3.63) is 48.2 Å². The first-order valence-corrected chi connectivity index (χ1v) is 7.78. The monoisotopic (exact) mass is 328 g/mol. The molecule has 126 valence electrons. The molecule has 6 heteroatoms. The van der Waals surface area contributed by atoms with Gasteiger partial charge in [-0.2, -0.15) is 0 Å². The van der Waals surface area contributed by atoms with E-state index in [9.17, 15) is 4.79 Å². The summed E-state index contributed by atoms with van der Waals surface area (Å²) in [6.07, 6.45) is 0.741. The minimum absolute atomic E-state index is 0.241. The number of ether oxygens (including phenoxy) is 3. The molecule has 0 spiro atoms. The molecule has 0 saturated carbocycles. The molecule has 0 bridgehead atoms. The van der Waals surface area contributed by atoms with E-state index in [2.05, 4.69) is 10.3 Å². The second-order valence-electron chi connectivity index (χ2n) is 6.44. The van der Waals surface area contributed by atoms with Crippen LogP contribution in [0, 0.1) is 0 Å². The molecular formula is C18H20N2O4. The third-order valence-electron chi connectivity index (χ3n) is 3.30. The van der Waals surface area contributed by atoms with Crippen LogP contribution in [0.2, 0.25) is 0 Å². The van der Waals surface area contributed by atoms with Crippen LogP contribution < -0.4 is 14.8 Å². The molecule has 1 N–H and O–H groups in total. The minimum atomic E-state index is -0.552. The van der Waals surface area contributed by atoms with E-state index in [-0.39, 0.29) is 6.54 Å². The molecule has 0 unspecified atom stereocenters. The van der Waals surface area contributed by atoms with E-state index in [4.69, 9.17) is 14.2 Å². The van der Waals surface area contributed by atoms with E-state index >= 15 is 0 Å². The molecule has 3 rings (SSSR count). The van der Waals surface area contributed by atoms with Crippen molar-refractivity contribution < 1.29 is 19.0 Å². The molecule has 0 radical (unpaired) electrons. The van der Waals surface area contributed by atoms with Crippen molar-refractivity contribution in [2.75, 3.05) is 6.54 Å². The number of hydrogen-bond donors (Lipinski definition) is 1. The summed E-state index contributed by atoms with van der Waals surface area (Å²) in [4.78, 5) is 16.2. The summed E-state index contributed by atoms with van der Waals surface area (Å²) < 4.78 is 17.1. The number of alkyl carbamates (subject to hydrolysis) is 1. The molecular weight excluding hydrogens is 308 g/mol. The number of nitrogens with one attached hydrogen (secondary N) is 1. The summed E-state index contributed by atoms with van der Waals surface area (Å²) in [6, 6.07) is 11.0. The molecule has 0 aliphatic carbocycles. The highest BCUT2D eigenvalue weighted by molar-refractivity contribution is 5.67. The van der Waals surface area contributed by atoms with E-state index in [0.29, 0.717) is 17.4 Å². The van der Waals surface area contributed by atoms with E-state index in [1.165, 1.54) is 0 Å². The molecule has 1 aromatic heterocycles. The number of pyridine rings is 1. The van der Waals surface area contributed by atoms with Gasteiger partial charge < -0.3 is 19.5 Å². The summed E-state index contributed by atoms with van der Waals surface area (Å²) in [6.45, 7) is 5.69. The molecule has 1 aromatic carbocycles. The largest absolute Gasteiger partial charge is 0.480 e. The minimum Gasteiger partial charge on any atom is -0.480 e. The van der Waals surface area contributed by atoms with Crippen LogP contribution >= 0.6 is 0 Å². The Hall–Kier alpha value is -2.76. The first-order chi connectivity index (χ1) is 11.4. The summed E-state index contributed by atoms with van der Waals surface area (Å²) in [5.41, 5.74) is 0.216. The van der Waals surface area contributed by atoms with Crippen LogP contribution in [0.1, 0.15) is 32.4 Å². The number of rotatable bonds is 2. The zero-order chi connectivity index (χ0) is 17.2. The normalized spacial score (nSPS) is 15.9. The highest BCUT2D eigenvalue weighted by Gasteiger charge is 2.26. The highest BCUT2D eigenvalue weighted by Crippen LogP contribution is 2.40. The van der Waals surface area contributed by atoms with Crippen LogP contribution in [-0.4, -0.2) is 23.2 Å². The van der Waals surface area contributed by atoms with Gasteiger partial charge in [0.2, 0.25) is 5.88 Å². The quantitative estimate of drug-likeness (QED) is 0.907. The summed E-state index contributed by atoms with van der Waals surface area (Å²) in [5.74, 6) is 1.67. The molecule has 1 amide bonds.